The van der Waals surface area contributed by atoms with Crippen LogP contribution in [0.4, 0.5) is 10.2 Å². The number of halogens is 1. The molecule has 1 aliphatic heterocycles. The molecule has 2 aliphatic rings. The van der Waals surface area contributed by atoms with Gasteiger partial charge >= 0.3 is 0 Å². The first-order chi connectivity index (χ1) is 11.2. The predicted octanol–water partition coefficient (Wildman–Crippen LogP) is 2.40. The molecule has 1 aromatic heterocycles. The summed E-state index contributed by atoms with van der Waals surface area (Å²) < 4.78 is 13.8. The van der Waals surface area contributed by atoms with Gasteiger partial charge in [0.1, 0.15) is 6.17 Å². The number of aromatic nitrogens is 2. The molecule has 1 aromatic rings. The molecule has 0 radical (unpaired) electrons. The molecule has 1 N–H and O–H groups in total. The van der Waals surface area contributed by atoms with E-state index in [-0.39, 0.29) is 11.9 Å². The summed E-state index contributed by atoms with van der Waals surface area (Å²) in [6.07, 6.45) is 8.40. The van der Waals surface area contributed by atoms with Gasteiger partial charge in [0.25, 0.3) is 0 Å². The van der Waals surface area contributed by atoms with Crippen LogP contribution in [0.2, 0.25) is 0 Å². The van der Waals surface area contributed by atoms with Crippen molar-refractivity contribution in [3.05, 3.63) is 30.0 Å². The van der Waals surface area contributed by atoms with E-state index in [9.17, 15) is 9.18 Å². The maximum Gasteiger partial charge on any atom is 0.246 e. The summed E-state index contributed by atoms with van der Waals surface area (Å²) in [5.74, 6) is 0.661. The molecule has 6 heteroatoms. The smallest absolute Gasteiger partial charge is 0.246 e. The highest BCUT2D eigenvalue weighted by atomic mass is 19.1. The van der Waals surface area contributed by atoms with Crippen molar-refractivity contribution in [1.29, 1.82) is 0 Å². The number of hydrogen-bond acceptors (Lipinski definition) is 4. The normalized spacial score (nSPS) is 24.9. The average Bonchev–Trinajstić information content (AvgIpc) is 2.77. The first-order valence-electron chi connectivity index (χ1n) is 8.39. The van der Waals surface area contributed by atoms with Gasteiger partial charge in [-0.05, 0) is 37.8 Å². The third-order valence-corrected chi connectivity index (χ3v) is 4.55. The zero-order valence-electron chi connectivity index (χ0n) is 13.2. The number of anilines is 1. The van der Waals surface area contributed by atoms with E-state index in [1.807, 2.05) is 11.0 Å². The topological polar surface area (TPSA) is 58.1 Å². The minimum Gasteiger partial charge on any atom is -0.350 e. The van der Waals surface area contributed by atoms with Crippen molar-refractivity contribution >= 4 is 11.7 Å². The van der Waals surface area contributed by atoms with Gasteiger partial charge in [0.05, 0.1) is 12.6 Å². The van der Waals surface area contributed by atoms with Crippen molar-refractivity contribution in [2.75, 3.05) is 18.0 Å². The van der Waals surface area contributed by atoms with Gasteiger partial charge in [-0.25, -0.2) is 4.39 Å². The largest absolute Gasteiger partial charge is 0.350 e. The van der Waals surface area contributed by atoms with Gasteiger partial charge in [0, 0.05) is 24.7 Å². The Kier molecular flexibility index (Phi) is 5.20. The molecule has 1 fully saturated rings. The van der Waals surface area contributed by atoms with Gasteiger partial charge in [-0.2, -0.15) is 5.10 Å². The van der Waals surface area contributed by atoms with Crippen LogP contribution in [0.25, 0.3) is 0 Å². The summed E-state index contributed by atoms with van der Waals surface area (Å²) in [5.41, 5.74) is 0.878. The van der Waals surface area contributed by atoms with Gasteiger partial charge in [-0.3, -0.25) is 4.79 Å². The first-order valence-corrected chi connectivity index (χ1v) is 8.39. The standard InChI is InChI=1S/C17H23FN4O/c18-14-10-15(22(12-14)16-8-5-9-20-21-16)11-19-17(23)13-6-3-1-2-4-7-13/h5-6,8-9,14-15H,1-4,7,10-12H2,(H,19,23)/t14-,15-/m0/s1. The molecular formula is C17H23FN4O. The maximum absolute atomic E-state index is 13.8. The van der Waals surface area contributed by atoms with Crippen molar-refractivity contribution < 1.29 is 9.18 Å². The van der Waals surface area contributed by atoms with Crippen LogP contribution in [0.1, 0.15) is 38.5 Å². The van der Waals surface area contributed by atoms with Gasteiger partial charge < -0.3 is 10.2 Å². The number of alkyl halides is 1. The van der Waals surface area contributed by atoms with Crippen molar-refractivity contribution in [2.45, 2.75) is 50.7 Å². The number of rotatable bonds is 4. The molecule has 1 saturated heterocycles. The number of amides is 1. The second kappa shape index (κ2) is 7.53. The third-order valence-electron chi connectivity index (χ3n) is 4.55. The number of hydrogen-bond donors (Lipinski definition) is 1. The zero-order valence-corrected chi connectivity index (χ0v) is 13.2. The van der Waals surface area contributed by atoms with Crippen LogP contribution in [-0.4, -0.2) is 41.4 Å². The number of nitrogens with zero attached hydrogens (tertiary/aromatic N) is 3. The molecule has 0 unspecified atom stereocenters. The fourth-order valence-electron chi connectivity index (χ4n) is 3.33. The lowest BCUT2D eigenvalue weighted by molar-refractivity contribution is -0.117. The van der Waals surface area contributed by atoms with E-state index in [4.69, 9.17) is 0 Å². The lowest BCUT2D eigenvalue weighted by Gasteiger charge is -2.25. The van der Waals surface area contributed by atoms with E-state index in [2.05, 4.69) is 21.6 Å². The molecule has 1 amide bonds. The second-order valence-corrected chi connectivity index (χ2v) is 6.26. The lowest BCUT2D eigenvalue weighted by Crippen LogP contribution is -2.41. The summed E-state index contributed by atoms with van der Waals surface area (Å²) in [6, 6.07) is 3.55. The third kappa shape index (κ3) is 4.06. The molecule has 124 valence electrons. The number of carbonyl (C=O) groups is 1. The lowest BCUT2D eigenvalue weighted by atomic mass is 10.1. The second-order valence-electron chi connectivity index (χ2n) is 6.26. The summed E-state index contributed by atoms with van der Waals surface area (Å²) in [4.78, 5) is 14.2. The molecule has 0 aromatic carbocycles. The minimum atomic E-state index is -0.893. The van der Waals surface area contributed by atoms with E-state index in [0.29, 0.717) is 25.3 Å². The Bertz CT molecular complexity index is 563. The maximum atomic E-state index is 13.8. The van der Waals surface area contributed by atoms with Crippen molar-refractivity contribution in [2.24, 2.45) is 0 Å². The summed E-state index contributed by atoms with van der Waals surface area (Å²) >= 11 is 0. The van der Waals surface area contributed by atoms with Gasteiger partial charge in [-0.15, -0.1) is 5.10 Å². The Labute approximate surface area is 136 Å². The van der Waals surface area contributed by atoms with E-state index in [1.54, 1.807) is 12.3 Å². The van der Waals surface area contributed by atoms with E-state index in [0.717, 1.165) is 31.3 Å². The molecule has 23 heavy (non-hydrogen) atoms. The summed E-state index contributed by atoms with van der Waals surface area (Å²) in [6.45, 7) is 0.745. The van der Waals surface area contributed by atoms with Gasteiger partial charge in [0.2, 0.25) is 5.91 Å². The van der Waals surface area contributed by atoms with Crippen molar-refractivity contribution in [3.63, 3.8) is 0 Å². The zero-order chi connectivity index (χ0) is 16.1. The Morgan fingerprint density at radius 2 is 2.30 bits per heavy atom. The highest BCUT2D eigenvalue weighted by Gasteiger charge is 2.33. The molecule has 2 heterocycles. The molecule has 3 rings (SSSR count). The summed E-state index contributed by atoms with van der Waals surface area (Å²) in [5, 5.41) is 10.9. The quantitative estimate of drug-likeness (QED) is 0.926. The van der Waals surface area contributed by atoms with Gasteiger partial charge in [0.15, 0.2) is 5.82 Å². The Hall–Kier alpha value is -1.98. The van der Waals surface area contributed by atoms with Gasteiger partial charge in [-0.1, -0.05) is 12.5 Å². The molecule has 5 nitrogen and oxygen atoms in total. The molecule has 0 bridgehead atoms. The van der Waals surface area contributed by atoms with Crippen LogP contribution >= 0.6 is 0 Å². The predicted molar refractivity (Wildman–Crippen MR) is 86.9 cm³/mol. The molecule has 0 spiro atoms. The molecule has 2 atom stereocenters. The highest BCUT2D eigenvalue weighted by molar-refractivity contribution is 5.93. The Morgan fingerprint density at radius 3 is 3.13 bits per heavy atom. The SMILES string of the molecule is O=C(NC[C@@H]1C[C@H](F)CN1c1cccnn1)C1=CCCCCC1. The molecule has 0 saturated carbocycles. The van der Waals surface area contributed by atoms with Crippen LogP contribution in [0.3, 0.4) is 0 Å². The fraction of sp³-hybridized carbons (Fsp3) is 0.588. The van der Waals surface area contributed by atoms with Crippen LogP contribution in [0.15, 0.2) is 30.0 Å². The Morgan fingerprint density at radius 1 is 1.39 bits per heavy atom. The molecule has 1 aliphatic carbocycles. The van der Waals surface area contributed by atoms with Crippen LogP contribution < -0.4 is 10.2 Å². The number of allylic oxidation sites excluding steroid dienone is 1. The summed E-state index contributed by atoms with van der Waals surface area (Å²) in [7, 11) is 0. The molecular weight excluding hydrogens is 295 g/mol. The van der Waals surface area contributed by atoms with Crippen LogP contribution in [0.5, 0.6) is 0 Å². The number of nitrogens with one attached hydrogen (secondary N) is 1. The average molecular weight is 318 g/mol. The number of carbonyl (C=O) groups excluding carboxylic acids is 1. The van der Waals surface area contributed by atoms with Crippen LogP contribution in [0, 0.1) is 0 Å². The first kappa shape index (κ1) is 15.9. The fourth-order valence-corrected chi connectivity index (χ4v) is 3.33. The van der Waals surface area contributed by atoms with Crippen molar-refractivity contribution in [1.82, 2.24) is 15.5 Å². The van der Waals surface area contributed by atoms with E-state index in [1.165, 1.54) is 6.42 Å². The minimum absolute atomic E-state index is 0.00620. The van der Waals surface area contributed by atoms with E-state index < -0.39 is 6.17 Å². The van der Waals surface area contributed by atoms with Crippen LogP contribution in [-0.2, 0) is 4.79 Å². The van der Waals surface area contributed by atoms with Crippen molar-refractivity contribution in [3.8, 4) is 0 Å². The van der Waals surface area contributed by atoms with E-state index >= 15 is 0 Å². The highest BCUT2D eigenvalue weighted by Crippen LogP contribution is 2.25. The monoisotopic (exact) mass is 318 g/mol. The Balaban J connectivity index is 1.60.